The molecule has 328 valence electrons. The average Bonchev–Trinajstić information content (AvgIpc) is 3.68. The quantitative estimate of drug-likeness (QED) is 0.127. The van der Waals surface area contributed by atoms with Gasteiger partial charge in [0.15, 0.2) is 0 Å². The summed E-state index contributed by atoms with van der Waals surface area (Å²) in [5.41, 5.74) is 5.53. The van der Waals surface area contributed by atoms with Gasteiger partial charge >= 0.3 is 0 Å². The molecule has 2 fully saturated rings. The van der Waals surface area contributed by atoms with Crippen molar-refractivity contribution < 1.29 is 31.5 Å². The molecule has 17 heteroatoms. The highest BCUT2D eigenvalue weighted by Crippen LogP contribution is 2.43. The lowest BCUT2D eigenvalue weighted by molar-refractivity contribution is 0.102. The topological polar surface area (TPSA) is 147 Å². The Kier molecular flexibility index (Phi) is 11.7. The molecular formula is C46H49F2N9O5S. The Hall–Kier alpha value is -6.17. The molecule has 2 saturated heterocycles. The summed E-state index contributed by atoms with van der Waals surface area (Å²) in [6, 6.07) is 20.9. The molecule has 14 nitrogen and oxygen atoms in total. The number of imidazole rings is 1. The van der Waals surface area contributed by atoms with Crippen molar-refractivity contribution in [3.63, 3.8) is 0 Å². The number of carbonyl (C=O) groups is 1. The maximum Gasteiger partial charge on any atom is 0.259 e. The minimum Gasteiger partial charge on any atom is -0.493 e. The van der Waals surface area contributed by atoms with E-state index in [9.17, 15) is 22.0 Å². The summed E-state index contributed by atoms with van der Waals surface area (Å²) in [4.78, 5) is 33.2. The van der Waals surface area contributed by atoms with Gasteiger partial charge in [-0.3, -0.25) is 14.1 Å². The van der Waals surface area contributed by atoms with Crippen molar-refractivity contribution in [2.75, 3.05) is 67.7 Å². The molecule has 6 aromatic rings. The summed E-state index contributed by atoms with van der Waals surface area (Å²) >= 11 is 0. The van der Waals surface area contributed by atoms with Crippen LogP contribution in [0.4, 0.5) is 31.8 Å². The van der Waals surface area contributed by atoms with Gasteiger partial charge in [0, 0.05) is 74.5 Å². The van der Waals surface area contributed by atoms with E-state index in [2.05, 4.69) is 37.6 Å². The third kappa shape index (κ3) is 8.52. The molecule has 2 atom stereocenters. The molecule has 0 spiro atoms. The first-order valence-electron chi connectivity index (χ1n) is 21.3. The van der Waals surface area contributed by atoms with Crippen LogP contribution in [0.3, 0.4) is 0 Å². The van der Waals surface area contributed by atoms with Gasteiger partial charge in [-0.2, -0.15) is 4.31 Å². The number of pyridine rings is 1. The van der Waals surface area contributed by atoms with Crippen LogP contribution in [0, 0.1) is 11.6 Å². The highest BCUT2D eigenvalue weighted by Gasteiger charge is 2.37. The van der Waals surface area contributed by atoms with Crippen molar-refractivity contribution in [3.8, 4) is 34.1 Å². The third-order valence-electron chi connectivity index (χ3n) is 12.2. The van der Waals surface area contributed by atoms with Gasteiger partial charge in [-0.05, 0) is 99.7 Å². The number of halogens is 2. The van der Waals surface area contributed by atoms with Crippen molar-refractivity contribution >= 4 is 44.6 Å². The van der Waals surface area contributed by atoms with Gasteiger partial charge in [0.05, 0.1) is 47.8 Å². The van der Waals surface area contributed by atoms with Crippen molar-refractivity contribution in [1.82, 2.24) is 28.6 Å². The lowest BCUT2D eigenvalue weighted by Crippen LogP contribution is -2.56. The van der Waals surface area contributed by atoms with E-state index in [1.807, 2.05) is 35.7 Å². The summed E-state index contributed by atoms with van der Waals surface area (Å²) in [5.74, 6) is -1.27. The van der Waals surface area contributed by atoms with Crippen LogP contribution in [-0.4, -0.2) is 107 Å². The number of aryl methyl sites for hydroxylation is 1. The molecule has 63 heavy (non-hydrogen) atoms. The molecule has 6 heterocycles. The molecule has 0 aliphatic carbocycles. The van der Waals surface area contributed by atoms with Crippen molar-refractivity contribution in [2.45, 2.75) is 51.6 Å². The fourth-order valence-corrected chi connectivity index (χ4v) is 10.0. The molecule has 2 unspecified atom stereocenters. The first kappa shape index (κ1) is 42.1. The number of hydrogen-bond acceptors (Lipinski definition) is 11. The second kappa shape index (κ2) is 17.5. The lowest BCUT2D eigenvalue weighted by Gasteiger charge is -2.48. The first-order chi connectivity index (χ1) is 30.5. The predicted octanol–water partition coefficient (Wildman–Crippen LogP) is 7.39. The number of ether oxygens (including phenoxy) is 2. The molecule has 2 N–H and O–H groups in total. The van der Waals surface area contributed by atoms with E-state index >= 15 is 0 Å². The molecule has 3 aromatic carbocycles. The highest BCUT2D eigenvalue weighted by molar-refractivity contribution is 7.88. The number of carbonyl (C=O) groups excluding carboxylic acids is 1. The zero-order chi connectivity index (χ0) is 43.8. The monoisotopic (exact) mass is 877 g/mol. The molecule has 0 bridgehead atoms. The van der Waals surface area contributed by atoms with Gasteiger partial charge in [0.2, 0.25) is 16.0 Å². The van der Waals surface area contributed by atoms with Gasteiger partial charge in [-0.25, -0.2) is 32.2 Å². The Morgan fingerprint density at radius 2 is 1.63 bits per heavy atom. The summed E-state index contributed by atoms with van der Waals surface area (Å²) in [7, 11) is -3.18. The van der Waals surface area contributed by atoms with Crippen LogP contribution in [-0.2, 0) is 16.4 Å². The molecule has 1 amide bonds. The average molecular weight is 878 g/mol. The van der Waals surface area contributed by atoms with Gasteiger partial charge < -0.3 is 25.0 Å². The van der Waals surface area contributed by atoms with Crippen LogP contribution >= 0.6 is 0 Å². The lowest BCUT2D eigenvalue weighted by atomic mass is 9.86. The predicted molar refractivity (Wildman–Crippen MR) is 238 cm³/mol. The number of para-hydroxylation sites is 1. The molecular weight excluding hydrogens is 829 g/mol. The van der Waals surface area contributed by atoms with E-state index in [0.29, 0.717) is 71.8 Å². The number of anilines is 4. The number of rotatable bonds is 12. The summed E-state index contributed by atoms with van der Waals surface area (Å²) in [6.45, 7) is 7.97. The normalized spacial score (nSPS) is 18.1. The number of sulfonamides is 1. The Morgan fingerprint density at radius 1 is 0.857 bits per heavy atom. The molecule has 0 saturated carbocycles. The number of aromatic nitrogens is 4. The van der Waals surface area contributed by atoms with Crippen LogP contribution in [0.15, 0.2) is 85.2 Å². The van der Waals surface area contributed by atoms with E-state index in [1.165, 1.54) is 23.6 Å². The van der Waals surface area contributed by atoms with Gasteiger partial charge in [-0.1, -0.05) is 12.1 Å². The second-order valence-corrected chi connectivity index (χ2v) is 18.0. The molecule has 0 radical (unpaired) electrons. The van der Waals surface area contributed by atoms with E-state index in [4.69, 9.17) is 19.4 Å². The Morgan fingerprint density at radius 3 is 2.40 bits per heavy atom. The number of nitrogens with zero attached hydrogens (tertiary/aromatic N) is 7. The number of piperazine rings is 1. The SMILES string of the molecule is CCOc1cc2c(cc1Nc1nccc(-c3c(-c4ccc(OCC)c(C(=O)Nc5c(F)cccc5F)c4)nc4ccccn34)n1)CCC1CC(N3CCN(S(C)(=O)=O)CC3)CCN21. The number of fused-ring (bicyclic) bond motifs is 4. The number of hydrogen-bond donors (Lipinski definition) is 2. The van der Waals surface area contributed by atoms with E-state index in [0.717, 1.165) is 63.1 Å². The molecule has 3 aromatic heterocycles. The molecule has 9 rings (SSSR count). The smallest absolute Gasteiger partial charge is 0.259 e. The summed E-state index contributed by atoms with van der Waals surface area (Å²) < 4.78 is 68.9. The van der Waals surface area contributed by atoms with Crippen LogP contribution in [0.1, 0.15) is 49.0 Å². The van der Waals surface area contributed by atoms with Crippen molar-refractivity contribution in [1.29, 1.82) is 0 Å². The standard InChI is InChI=1S/C46H49F2N9O5S/c1-4-61-39-15-13-30(25-33(39)45(58)53-43-34(47)9-8-10-35(43)48)42-44(57-19-7-6-11-41(57)52-42)36-16-18-49-46(50-36)51-37-26-29-12-14-32-27-31(54-21-23-55(24-22-54)63(3,59)60)17-20-56(32)38(29)28-40(37)62-5-2/h6-11,13,15-16,18-19,25-26,28,31-32H,4-5,12,14,17,20-24,27H2,1-3H3,(H,53,58)(H,49,50,51). The first-order valence-corrected chi connectivity index (χ1v) is 23.2. The number of amides is 1. The van der Waals surface area contributed by atoms with E-state index in [1.54, 1.807) is 41.7 Å². The zero-order valence-electron chi connectivity index (χ0n) is 35.4. The minimum atomic E-state index is -3.18. The second-order valence-electron chi connectivity index (χ2n) is 16.0. The fourth-order valence-electron chi connectivity index (χ4n) is 9.18. The van der Waals surface area contributed by atoms with Gasteiger partial charge in [0.25, 0.3) is 5.91 Å². The Bertz CT molecular complexity index is 2780. The van der Waals surface area contributed by atoms with E-state index < -0.39 is 33.3 Å². The van der Waals surface area contributed by atoms with Crippen LogP contribution < -0.4 is 25.0 Å². The van der Waals surface area contributed by atoms with Crippen molar-refractivity contribution in [2.24, 2.45) is 0 Å². The highest BCUT2D eigenvalue weighted by atomic mass is 32.2. The maximum atomic E-state index is 14.6. The van der Waals surface area contributed by atoms with Gasteiger partial charge in [0.1, 0.15) is 34.5 Å². The number of piperidine rings is 1. The number of nitrogens with one attached hydrogen (secondary N) is 2. The van der Waals surface area contributed by atoms with Crippen LogP contribution in [0.2, 0.25) is 0 Å². The van der Waals surface area contributed by atoms with Crippen LogP contribution in [0.5, 0.6) is 11.5 Å². The van der Waals surface area contributed by atoms with E-state index in [-0.39, 0.29) is 17.9 Å². The third-order valence-corrected chi connectivity index (χ3v) is 13.5. The summed E-state index contributed by atoms with van der Waals surface area (Å²) in [5, 5.41) is 5.84. The Labute approximate surface area is 364 Å². The summed E-state index contributed by atoms with van der Waals surface area (Å²) in [6.07, 6.45) is 8.79. The molecule has 3 aliphatic heterocycles. The largest absolute Gasteiger partial charge is 0.493 e. The fraction of sp³-hybridized carbons (Fsp3) is 0.348. The van der Waals surface area contributed by atoms with Crippen LogP contribution in [0.25, 0.3) is 28.3 Å². The Balaban J connectivity index is 0.996. The number of benzene rings is 3. The maximum absolute atomic E-state index is 14.6. The zero-order valence-corrected chi connectivity index (χ0v) is 36.2. The molecule has 3 aliphatic rings. The van der Waals surface area contributed by atoms with Crippen molar-refractivity contribution in [3.05, 3.63) is 108 Å². The minimum absolute atomic E-state index is 0.0709. The van der Waals surface area contributed by atoms with Gasteiger partial charge in [-0.15, -0.1) is 0 Å².